The van der Waals surface area contributed by atoms with E-state index in [0.717, 1.165) is 12.0 Å². The maximum absolute atomic E-state index is 11.0. The summed E-state index contributed by atoms with van der Waals surface area (Å²) < 4.78 is 9.11. The predicted octanol–water partition coefficient (Wildman–Crippen LogP) is 1.91. The molecule has 0 aliphatic carbocycles. The molecule has 0 atom stereocenters. The number of hydrogen-bond acceptors (Lipinski definition) is 4. The third-order valence-corrected chi connectivity index (χ3v) is 1.58. The van der Waals surface area contributed by atoms with E-state index in [0.29, 0.717) is 0 Å². The molecule has 0 saturated heterocycles. The molecule has 0 N–H and O–H groups in total. The Hall–Kier alpha value is -2.17. The first-order chi connectivity index (χ1) is 7.68. The highest BCUT2D eigenvalue weighted by molar-refractivity contribution is 5.82. The van der Waals surface area contributed by atoms with Crippen molar-refractivity contribution in [1.29, 1.82) is 0 Å². The van der Waals surface area contributed by atoms with Gasteiger partial charge in [0, 0.05) is 6.92 Å². The molecule has 84 valence electrons. The lowest BCUT2D eigenvalue weighted by Gasteiger charge is -2.00. The maximum Gasteiger partial charge on any atom is 0.436 e. The lowest BCUT2D eigenvalue weighted by Crippen LogP contribution is -2.02. The average molecular weight is 221 g/mol. The number of rotatable bonds is 3. The maximum atomic E-state index is 11.0. The number of nitrogens with zero attached hydrogens (tertiary/aromatic N) is 1. The summed E-state index contributed by atoms with van der Waals surface area (Å²) in [4.78, 5) is 24.6. The van der Waals surface area contributed by atoms with Gasteiger partial charge in [0.25, 0.3) is 0 Å². The molecule has 1 amide bonds. The smallest absolute Gasteiger partial charge is 0.436 e. The molecule has 1 aromatic carbocycles. The summed E-state index contributed by atoms with van der Waals surface area (Å²) in [6.07, 6.45) is -0.0412. The van der Waals surface area contributed by atoms with E-state index >= 15 is 0 Å². The van der Waals surface area contributed by atoms with E-state index in [1.165, 1.54) is 6.92 Å². The number of hydrogen-bond donors (Lipinski definition) is 0. The molecular formula is C11H11NO4. The Kier molecular flexibility index (Phi) is 4.72. The van der Waals surface area contributed by atoms with Gasteiger partial charge in [0.05, 0.1) is 0 Å². The first-order valence-electron chi connectivity index (χ1n) is 4.59. The van der Waals surface area contributed by atoms with Crippen LogP contribution in [0.15, 0.2) is 35.3 Å². The standard InChI is InChI=1S/C11H11NO4/c1-9(13)16-8-12-11(14)15-7-10-5-3-2-4-6-10/h2-6,8H,7H2,1H3. The van der Waals surface area contributed by atoms with Crippen molar-refractivity contribution in [2.75, 3.05) is 0 Å². The molecule has 0 aliphatic rings. The normalized spacial score (nSPS) is 10.1. The zero-order valence-corrected chi connectivity index (χ0v) is 8.75. The minimum absolute atomic E-state index is 0.136. The number of carbonyl (C=O) groups is 2. The van der Waals surface area contributed by atoms with E-state index < -0.39 is 12.1 Å². The Morgan fingerprint density at radius 3 is 2.62 bits per heavy atom. The van der Waals surface area contributed by atoms with E-state index in [-0.39, 0.29) is 6.61 Å². The van der Waals surface area contributed by atoms with Crippen molar-refractivity contribution in [2.24, 2.45) is 4.99 Å². The molecule has 0 spiro atoms. The predicted molar refractivity (Wildman–Crippen MR) is 56.9 cm³/mol. The van der Waals surface area contributed by atoms with Crippen LogP contribution in [0.25, 0.3) is 0 Å². The fourth-order valence-electron chi connectivity index (χ4n) is 0.900. The Morgan fingerprint density at radius 2 is 2.00 bits per heavy atom. The highest BCUT2D eigenvalue weighted by Crippen LogP contribution is 2.01. The second kappa shape index (κ2) is 6.34. The van der Waals surface area contributed by atoms with Crippen molar-refractivity contribution in [3.8, 4) is 0 Å². The number of amides is 1. The van der Waals surface area contributed by atoms with Gasteiger partial charge < -0.3 is 9.47 Å². The van der Waals surface area contributed by atoms with Crippen LogP contribution in [-0.4, -0.2) is 18.5 Å². The van der Waals surface area contributed by atoms with Crippen LogP contribution in [0.2, 0.25) is 0 Å². The zero-order chi connectivity index (χ0) is 11.8. The molecular weight excluding hydrogens is 210 g/mol. The first-order valence-corrected chi connectivity index (χ1v) is 4.59. The molecule has 5 heteroatoms. The van der Waals surface area contributed by atoms with E-state index in [9.17, 15) is 9.59 Å². The second-order valence-electron chi connectivity index (χ2n) is 2.88. The molecule has 16 heavy (non-hydrogen) atoms. The number of benzene rings is 1. The number of ether oxygens (including phenoxy) is 2. The lowest BCUT2D eigenvalue weighted by molar-refractivity contribution is -0.132. The molecule has 5 nitrogen and oxygen atoms in total. The molecule has 0 aliphatic heterocycles. The third-order valence-electron chi connectivity index (χ3n) is 1.58. The summed E-state index contributed by atoms with van der Waals surface area (Å²) in [6.45, 7) is 1.35. The van der Waals surface area contributed by atoms with Crippen molar-refractivity contribution in [1.82, 2.24) is 0 Å². The molecule has 0 saturated carbocycles. The molecule has 0 radical (unpaired) electrons. The average Bonchev–Trinajstić information content (AvgIpc) is 2.27. The summed E-state index contributed by atoms with van der Waals surface area (Å²) in [5.74, 6) is -0.542. The Morgan fingerprint density at radius 1 is 1.31 bits per heavy atom. The van der Waals surface area contributed by atoms with Crippen molar-refractivity contribution >= 4 is 18.5 Å². The molecule has 0 aromatic heterocycles. The van der Waals surface area contributed by atoms with Gasteiger partial charge in [-0.05, 0) is 5.56 Å². The van der Waals surface area contributed by atoms with Crippen LogP contribution >= 0.6 is 0 Å². The van der Waals surface area contributed by atoms with Crippen molar-refractivity contribution in [2.45, 2.75) is 13.5 Å². The van der Waals surface area contributed by atoms with Crippen LogP contribution in [-0.2, 0) is 20.9 Å². The van der Waals surface area contributed by atoms with Crippen LogP contribution in [0.5, 0.6) is 0 Å². The van der Waals surface area contributed by atoms with Crippen molar-refractivity contribution in [3.63, 3.8) is 0 Å². The van der Waals surface area contributed by atoms with Gasteiger partial charge in [-0.25, -0.2) is 4.79 Å². The fraction of sp³-hybridized carbons (Fsp3) is 0.182. The van der Waals surface area contributed by atoms with Crippen LogP contribution in [0.4, 0.5) is 4.79 Å². The Labute approximate surface area is 92.7 Å². The van der Waals surface area contributed by atoms with E-state index in [4.69, 9.17) is 4.74 Å². The molecule has 0 fully saturated rings. The van der Waals surface area contributed by atoms with E-state index in [1.807, 2.05) is 30.3 Å². The van der Waals surface area contributed by atoms with Crippen LogP contribution < -0.4 is 0 Å². The molecule has 1 aromatic rings. The second-order valence-corrected chi connectivity index (χ2v) is 2.88. The summed E-state index contributed by atoms with van der Waals surface area (Å²) in [7, 11) is 0. The van der Waals surface area contributed by atoms with Crippen molar-refractivity contribution < 1.29 is 19.1 Å². The van der Waals surface area contributed by atoms with E-state index in [2.05, 4.69) is 9.73 Å². The molecule has 0 heterocycles. The number of carbonyl (C=O) groups excluding carboxylic acids is 2. The number of esters is 1. The quantitative estimate of drug-likeness (QED) is 0.444. The third kappa shape index (κ3) is 4.90. The van der Waals surface area contributed by atoms with Gasteiger partial charge in [-0.3, -0.25) is 4.79 Å². The van der Waals surface area contributed by atoms with Gasteiger partial charge in [0.1, 0.15) is 6.61 Å². The fourth-order valence-corrected chi connectivity index (χ4v) is 0.900. The van der Waals surface area contributed by atoms with Gasteiger partial charge in [-0.15, -0.1) is 4.99 Å². The lowest BCUT2D eigenvalue weighted by atomic mass is 10.2. The van der Waals surface area contributed by atoms with Gasteiger partial charge in [-0.1, -0.05) is 30.3 Å². The largest absolute Gasteiger partial charge is 0.443 e. The summed E-state index contributed by atoms with van der Waals surface area (Å²) in [5.41, 5.74) is 0.860. The van der Waals surface area contributed by atoms with Crippen LogP contribution in [0.3, 0.4) is 0 Å². The summed E-state index contributed by atoms with van der Waals surface area (Å²) in [5, 5.41) is 0. The van der Waals surface area contributed by atoms with Gasteiger partial charge >= 0.3 is 12.1 Å². The Balaban J connectivity index is 2.30. The van der Waals surface area contributed by atoms with E-state index in [1.54, 1.807) is 0 Å². The molecule has 0 unspecified atom stereocenters. The van der Waals surface area contributed by atoms with Gasteiger partial charge in [0.15, 0.2) is 6.40 Å². The Bertz CT molecular complexity index is 386. The SMILES string of the molecule is CC(=O)OC=NC(=O)OCc1ccccc1. The van der Waals surface area contributed by atoms with Crippen molar-refractivity contribution in [3.05, 3.63) is 35.9 Å². The topological polar surface area (TPSA) is 65.0 Å². The summed E-state index contributed by atoms with van der Waals surface area (Å²) >= 11 is 0. The molecule has 1 rings (SSSR count). The monoisotopic (exact) mass is 221 g/mol. The highest BCUT2D eigenvalue weighted by Gasteiger charge is 1.99. The van der Waals surface area contributed by atoms with Crippen LogP contribution in [0, 0.1) is 0 Å². The molecule has 0 bridgehead atoms. The summed E-state index contributed by atoms with van der Waals surface area (Å²) in [6, 6.07) is 9.19. The minimum Gasteiger partial charge on any atom is -0.443 e. The van der Waals surface area contributed by atoms with Crippen LogP contribution in [0.1, 0.15) is 12.5 Å². The van der Waals surface area contributed by atoms with Gasteiger partial charge in [-0.2, -0.15) is 0 Å². The minimum atomic E-state index is -0.801. The first kappa shape index (κ1) is 11.9. The zero-order valence-electron chi connectivity index (χ0n) is 8.75. The van der Waals surface area contributed by atoms with Gasteiger partial charge in [0.2, 0.25) is 0 Å². The number of aliphatic imine (C=N–C) groups is 1. The highest BCUT2D eigenvalue weighted by atomic mass is 16.6.